The van der Waals surface area contributed by atoms with E-state index in [1.807, 2.05) is 42.5 Å². The third kappa shape index (κ3) is 3.96. The second kappa shape index (κ2) is 8.52. The Kier molecular flexibility index (Phi) is 5.57. The molecule has 1 fully saturated rings. The normalized spacial score (nSPS) is 18.2. The lowest BCUT2D eigenvalue weighted by atomic mass is 9.98. The van der Waals surface area contributed by atoms with E-state index >= 15 is 0 Å². The van der Waals surface area contributed by atoms with E-state index in [0.717, 1.165) is 78.2 Å². The zero-order valence-corrected chi connectivity index (χ0v) is 18.7. The van der Waals surface area contributed by atoms with Crippen LogP contribution in [0.1, 0.15) is 47.6 Å². The van der Waals surface area contributed by atoms with Crippen LogP contribution in [0.15, 0.2) is 47.1 Å². The first-order chi connectivity index (χ1) is 15.5. The summed E-state index contributed by atoms with van der Waals surface area (Å²) >= 11 is 0. The third-order valence-electron chi connectivity index (χ3n) is 6.58. The van der Waals surface area contributed by atoms with Gasteiger partial charge in [0.2, 0.25) is 0 Å². The lowest BCUT2D eigenvalue weighted by Crippen LogP contribution is -2.55. The minimum absolute atomic E-state index is 0.0274. The summed E-state index contributed by atoms with van der Waals surface area (Å²) in [6, 6.07) is 11.7. The van der Waals surface area contributed by atoms with E-state index in [1.54, 1.807) is 6.26 Å². The molecule has 0 spiro atoms. The number of benzene rings is 1. The minimum Gasteiger partial charge on any atom is -0.465 e. The van der Waals surface area contributed by atoms with Gasteiger partial charge in [0, 0.05) is 30.6 Å². The number of para-hydroxylation sites is 1. The van der Waals surface area contributed by atoms with Crippen LogP contribution in [0.3, 0.4) is 0 Å². The minimum atomic E-state index is -0.143. The molecule has 1 aromatic carbocycles. The van der Waals surface area contributed by atoms with E-state index in [1.165, 1.54) is 0 Å². The Bertz CT molecular complexity index is 1160. The number of hydrogen-bond acceptors (Lipinski definition) is 5. The number of furan rings is 1. The van der Waals surface area contributed by atoms with Gasteiger partial charge in [0.25, 0.3) is 5.91 Å². The highest BCUT2D eigenvalue weighted by Crippen LogP contribution is 2.37. The molecule has 1 aliphatic carbocycles. The van der Waals surface area contributed by atoms with Gasteiger partial charge in [-0.25, -0.2) is 4.98 Å². The number of fused-ring (bicyclic) bond motifs is 2. The summed E-state index contributed by atoms with van der Waals surface area (Å²) in [7, 11) is 0. The maximum atomic E-state index is 13.6. The van der Waals surface area contributed by atoms with Gasteiger partial charge in [0.15, 0.2) is 0 Å². The van der Waals surface area contributed by atoms with Crippen molar-refractivity contribution in [2.75, 3.05) is 32.8 Å². The van der Waals surface area contributed by atoms with Crippen molar-refractivity contribution < 1.29 is 13.9 Å². The third-order valence-corrected chi connectivity index (χ3v) is 6.58. The molecule has 1 saturated heterocycles. The average molecular weight is 432 g/mol. The predicted molar refractivity (Wildman–Crippen MR) is 125 cm³/mol. The standard InChI is InChI=1S/C26H29N3O3/c1-26(2,29-11-14-31-15-12-29)17-27-25(30)23-20-7-3-4-8-22(20)28-24-18(9-10-21(23)24)16-19-6-5-13-32-19/h3-8,13,16H,9-12,14-15,17H2,1-2H3,(H,27,30)/b18-16-. The zero-order valence-electron chi connectivity index (χ0n) is 18.7. The maximum absolute atomic E-state index is 13.6. The van der Waals surface area contributed by atoms with Crippen LogP contribution in [-0.2, 0) is 11.2 Å². The number of morpholine rings is 1. The second-order valence-electron chi connectivity index (χ2n) is 9.11. The van der Waals surface area contributed by atoms with E-state index in [4.69, 9.17) is 14.1 Å². The molecule has 6 nitrogen and oxygen atoms in total. The number of ether oxygens (including phenoxy) is 1. The molecule has 3 aromatic rings. The summed E-state index contributed by atoms with van der Waals surface area (Å²) in [5, 5.41) is 4.14. The van der Waals surface area contributed by atoms with Crippen molar-refractivity contribution >= 4 is 28.5 Å². The van der Waals surface area contributed by atoms with Gasteiger partial charge >= 0.3 is 0 Å². The summed E-state index contributed by atoms with van der Waals surface area (Å²) in [6.45, 7) is 8.19. The Hall–Kier alpha value is -2.96. The highest BCUT2D eigenvalue weighted by molar-refractivity contribution is 6.09. The number of nitrogens with zero attached hydrogens (tertiary/aromatic N) is 2. The fourth-order valence-electron chi connectivity index (χ4n) is 4.75. The molecule has 0 radical (unpaired) electrons. The fraction of sp³-hybridized carbons (Fsp3) is 0.385. The van der Waals surface area contributed by atoms with Gasteiger partial charge in [0.1, 0.15) is 5.76 Å². The largest absolute Gasteiger partial charge is 0.465 e. The number of carbonyl (C=O) groups is 1. The van der Waals surface area contributed by atoms with E-state index in [9.17, 15) is 4.79 Å². The number of rotatable bonds is 5. The monoisotopic (exact) mass is 431 g/mol. The molecule has 3 heterocycles. The number of aromatic nitrogens is 1. The van der Waals surface area contributed by atoms with E-state index in [2.05, 4.69) is 24.1 Å². The van der Waals surface area contributed by atoms with E-state index in [-0.39, 0.29) is 11.4 Å². The molecule has 166 valence electrons. The van der Waals surface area contributed by atoms with Crippen LogP contribution >= 0.6 is 0 Å². The quantitative estimate of drug-likeness (QED) is 0.657. The highest BCUT2D eigenvalue weighted by Gasteiger charge is 2.31. The summed E-state index contributed by atoms with van der Waals surface area (Å²) in [4.78, 5) is 20.9. The summed E-state index contributed by atoms with van der Waals surface area (Å²) in [6.07, 6.45) is 5.36. The number of allylic oxidation sites excluding steroid dienone is 1. The Morgan fingerprint density at radius 2 is 1.97 bits per heavy atom. The molecule has 0 atom stereocenters. The number of nitrogens with one attached hydrogen (secondary N) is 1. The van der Waals surface area contributed by atoms with E-state index < -0.39 is 0 Å². The first-order valence-corrected chi connectivity index (χ1v) is 11.3. The van der Waals surface area contributed by atoms with Crippen molar-refractivity contribution in [1.82, 2.24) is 15.2 Å². The van der Waals surface area contributed by atoms with Crippen molar-refractivity contribution in [2.45, 2.75) is 32.2 Å². The van der Waals surface area contributed by atoms with Crippen molar-refractivity contribution in [2.24, 2.45) is 0 Å². The maximum Gasteiger partial charge on any atom is 0.252 e. The van der Waals surface area contributed by atoms with Crippen molar-refractivity contribution in [3.63, 3.8) is 0 Å². The van der Waals surface area contributed by atoms with Crippen LogP contribution < -0.4 is 5.32 Å². The van der Waals surface area contributed by atoms with Gasteiger partial charge in [-0.2, -0.15) is 0 Å². The SMILES string of the molecule is CC(C)(CNC(=O)c1c2c(nc3ccccc13)/C(=C\c1ccco1)CC2)N1CCOCC1. The van der Waals surface area contributed by atoms with Crippen LogP contribution in [0.4, 0.5) is 0 Å². The molecule has 0 unspecified atom stereocenters. The Balaban J connectivity index is 1.47. The molecule has 0 saturated carbocycles. The smallest absolute Gasteiger partial charge is 0.252 e. The Morgan fingerprint density at radius 3 is 2.75 bits per heavy atom. The van der Waals surface area contributed by atoms with E-state index in [0.29, 0.717) is 6.54 Å². The lowest BCUT2D eigenvalue weighted by Gasteiger charge is -2.40. The fourth-order valence-corrected chi connectivity index (χ4v) is 4.75. The molecule has 1 amide bonds. The molecule has 6 heteroatoms. The number of pyridine rings is 1. The Morgan fingerprint density at radius 1 is 1.16 bits per heavy atom. The first kappa shape index (κ1) is 20.9. The van der Waals surface area contributed by atoms with Gasteiger partial charge in [-0.15, -0.1) is 0 Å². The van der Waals surface area contributed by atoms with Gasteiger partial charge in [0.05, 0.1) is 36.3 Å². The van der Waals surface area contributed by atoms with Crippen LogP contribution in [0.25, 0.3) is 22.6 Å². The molecule has 0 bridgehead atoms. The topological polar surface area (TPSA) is 67.6 Å². The molecule has 1 N–H and O–H groups in total. The van der Waals surface area contributed by atoms with Crippen LogP contribution in [-0.4, -0.2) is 54.2 Å². The summed E-state index contributed by atoms with van der Waals surface area (Å²) in [5.74, 6) is 0.779. The predicted octanol–water partition coefficient (Wildman–Crippen LogP) is 4.16. The molecule has 2 aromatic heterocycles. The van der Waals surface area contributed by atoms with Crippen LogP contribution in [0.5, 0.6) is 0 Å². The van der Waals surface area contributed by atoms with Crippen molar-refractivity contribution in [1.29, 1.82) is 0 Å². The van der Waals surface area contributed by atoms with Crippen LogP contribution in [0.2, 0.25) is 0 Å². The lowest BCUT2D eigenvalue weighted by molar-refractivity contribution is -0.00923. The number of hydrogen-bond donors (Lipinski definition) is 1. The van der Waals surface area contributed by atoms with Crippen molar-refractivity contribution in [3.05, 3.63) is 65.2 Å². The molecular weight excluding hydrogens is 402 g/mol. The molecular formula is C26H29N3O3. The molecule has 2 aliphatic rings. The number of carbonyl (C=O) groups excluding carboxylic acids is 1. The molecule has 1 aliphatic heterocycles. The van der Waals surface area contributed by atoms with Gasteiger partial charge in [-0.1, -0.05) is 18.2 Å². The van der Waals surface area contributed by atoms with Crippen molar-refractivity contribution in [3.8, 4) is 0 Å². The van der Waals surface area contributed by atoms with Gasteiger partial charge in [-0.05, 0) is 62.1 Å². The van der Waals surface area contributed by atoms with Gasteiger partial charge < -0.3 is 14.5 Å². The summed E-state index contributed by atoms with van der Waals surface area (Å²) in [5.41, 5.74) is 4.52. The summed E-state index contributed by atoms with van der Waals surface area (Å²) < 4.78 is 11.0. The first-order valence-electron chi connectivity index (χ1n) is 11.3. The van der Waals surface area contributed by atoms with Crippen LogP contribution in [0, 0.1) is 0 Å². The average Bonchev–Trinajstić information content (AvgIpc) is 3.47. The Labute approximate surface area is 188 Å². The highest BCUT2D eigenvalue weighted by atomic mass is 16.5. The van der Waals surface area contributed by atoms with Gasteiger partial charge in [-0.3, -0.25) is 9.69 Å². The zero-order chi connectivity index (χ0) is 22.1. The molecule has 32 heavy (non-hydrogen) atoms. The number of amides is 1. The second-order valence-corrected chi connectivity index (χ2v) is 9.11. The molecule has 5 rings (SSSR count).